The van der Waals surface area contributed by atoms with Crippen LogP contribution in [0.2, 0.25) is 0 Å². The van der Waals surface area contributed by atoms with Crippen molar-refractivity contribution >= 4 is 5.69 Å². The third-order valence-corrected chi connectivity index (χ3v) is 2.40. The van der Waals surface area contributed by atoms with Crippen molar-refractivity contribution in [3.8, 4) is 0 Å². The van der Waals surface area contributed by atoms with E-state index >= 15 is 0 Å². The number of benzene rings is 1. The van der Waals surface area contributed by atoms with Crippen LogP contribution in [-0.2, 0) is 0 Å². The van der Waals surface area contributed by atoms with Crippen LogP contribution in [0.5, 0.6) is 0 Å². The summed E-state index contributed by atoms with van der Waals surface area (Å²) in [5.41, 5.74) is 15.7. The summed E-state index contributed by atoms with van der Waals surface area (Å²) < 4.78 is 0. The largest absolute Gasteiger partial charge is 0.398 e. The number of hydrogen-bond donors (Lipinski definition) is 3. The molecular formula is C11H18N2O. The average Bonchev–Trinajstić information content (AvgIpc) is 2.11. The van der Waals surface area contributed by atoms with Crippen LogP contribution in [0.1, 0.15) is 29.2 Å². The number of aliphatic hydroxyl groups excluding tert-OH is 1. The normalized spacial score (nSPS) is 12.9. The van der Waals surface area contributed by atoms with E-state index in [2.05, 4.69) is 0 Å². The molecular weight excluding hydrogens is 176 g/mol. The molecule has 0 spiro atoms. The van der Waals surface area contributed by atoms with Crippen LogP contribution in [0.4, 0.5) is 5.69 Å². The summed E-state index contributed by atoms with van der Waals surface area (Å²) >= 11 is 0. The minimum absolute atomic E-state index is 0.0909. The molecule has 5 N–H and O–H groups in total. The molecule has 0 amide bonds. The number of hydrogen-bond acceptors (Lipinski definition) is 3. The van der Waals surface area contributed by atoms with Gasteiger partial charge in [-0.2, -0.15) is 0 Å². The highest BCUT2D eigenvalue weighted by Gasteiger charge is 2.10. The van der Waals surface area contributed by atoms with E-state index in [1.807, 2.05) is 26.0 Å². The van der Waals surface area contributed by atoms with Crippen molar-refractivity contribution in [2.24, 2.45) is 5.73 Å². The van der Waals surface area contributed by atoms with Gasteiger partial charge in [0.1, 0.15) is 0 Å². The van der Waals surface area contributed by atoms with Crippen LogP contribution in [0.3, 0.4) is 0 Å². The molecule has 3 nitrogen and oxygen atoms in total. The van der Waals surface area contributed by atoms with Gasteiger partial charge in [0.15, 0.2) is 0 Å². The zero-order valence-electron chi connectivity index (χ0n) is 8.75. The van der Waals surface area contributed by atoms with E-state index in [0.717, 1.165) is 22.4 Å². The number of nitrogens with two attached hydrogens (primary N) is 2. The first-order chi connectivity index (χ1) is 6.56. The molecule has 78 valence electrons. The first-order valence-corrected chi connectivity index (χ1v) is 4.79. The zero-order chi connectivity index (χ0) is 10.7. The van der Waals surface area contributed by atoms with E-state index < -0.39 is 0 Å². The van der Waals surface area contributed by atoms with E-state index in [1.54, 1.807) is 0 Å². The van der Waals surface area contributed by atoms with Gasteiger partial charge in [-0.3, -0.25) is 0 Å². The zero-order valence-corrected chi connectivity index (χ0v) is 8.75. The fourth-order valence-corrected chi connectivity index (χ4v) is 1.61. The maximum absolute atomic E-state index is 8.81. The van der Waals surface area contributed by atoms with Gasteiger partial charge >= 0.3 is 0 Å². The van der Waals surface area contributed by atoms with Gasteiger partial charge in [0.2, 0.25) is 0 Å². The molecule has 1 rings (SSSR count). The first kappa shape index (κ1) is 11.0. The number of anilines is 1. The predicted octanol–water partition coefficient (Wildman–Crippen LogP) is 1.27. The monoisotopic (exact) mass is 194 g/mol. The van der Waals surface area contributed by atoms with E-state index in [1.165, 1.54) is 0 Å². The van der Waals surface area contributed by atoms with Crippen molar-refractivity contribution < 1.29 is 5.11 Å². The standard InChI is InChI=1S/C11H18N2O/c1-7-5-8(2)11(13)9(6-7)10(12)3-4-14/h5-6,10,14H,3-4,12-13H2,1-2H3/t10-/m1/s1. The lowest BCUT2D eigenvalue weighted by Gasteiger charge is -2.16. The Morgan fingerprint density at radius 2 is 2.00 bits per heavy atom. The Kier molecular flexibility index (Phi) is 3.49. The molecule has 1 atom stereocenters. The molecule has 14 heavy (non-hydrogen) atoms. The van der Waals surface area contributed by atoms with Gasteiger partial charge in [0.05, 0.1) is 0 Å². The maximum atomic E-state index is 8.81. The van der Waals surface area contributed by atoms with Crippen LogP contribution >= 0.6 is 0 Å². The highest BCUT2D eigenvalue weighted by Crippen LogP contribution is 2.25. The van der Waals surface area contributed by atoms with Gasteiger partial charge in [-0.05, 0) is 31.4 Å². The van der Waals surface area contributed by atoms with Gasteiger partial charge in [-0.1, -0.05) is 17.7 Å². The fourth-order valence-electron chi connectivity index (χ4n) is 1.61. The van der Waals surface area contributed by atoms with Crippen molar-refractivity contribution in [2.75, 3.05) is 12.3 Å². The second-order valence-corrected chi connectivity index (χ2v) is 3.70. The molecule has 0 heterocycles. The molecule has 0 saturated heterocycles. The Morgan fingerprint density at radius 3 is 2.57 bits per heavy atom. The number of rotatable bonds is 3. The molecule has 0 fully saturated rings. The summed E-state index contributed by atoms with van der Waals surface area (Å²) in [6.07, 6.45) is 0.549. The maximum Gasteiger partial charge on any atom is 0.0449 e. The fraction of sp³-hybridized carbons (Fsp3) is 0.455. The molecule has 3 heteroatoms. The lowest BCUT2D eigenvalue weighted by molar-refractivity contribution is 0.276. The Hall–Kier alpha value is -1.06. The van der Waals surface area contributed by atoms with Crippen molar-refractivity contribution in [2.45, 2.75) is 26.3 Å². The average molecular weight is 194 g/mol. The predicted molar refractivity (Wildman–Crippen MR) is 59.0 cm³/mol. The lowest BCUT2D eigenvalue weighted by Crippen LogP contribution is -2.14. The van der Waals surface area contributed by atoms with Gasteiger partial charge in [0.25, 0.3) is 0 Å². The third-order valence-electron chi connectivity index (χ3n) is 2.40. The quantitative estimate of drug-likeness (QED) is 0.634. The van der Waals surface area contributed by atoms with E-state index in [4.69, 9.17) is 16.6 Å². The Labute approximate surface area is 84.7 Å². The molecule has 0 bridgehead atoms. The van der Waals surface area contributed by atoms with E-state index in [-0.39, 0.29) is 12.6 Å². The van der Waals surface area contributed by atoms with Crippen LogP contribution in [0.15, 0.2) is 12.1 Å². The van der Waals surface area contributed by atoms with Crippen molar-refractivity contribution in [1.82, 2.24) is 0 Å². The lowest BCUT2D eigenvalue weighted by atomic mass is 9.97. The molecule has 0 aromatic heterocycles. The van der Waals surface area contributed by atoms with Crippen LogP contribution < -0.4 is 11.5 Å². The van der Waals surface area contributed by atoms with E-state index in [0.29, 0.717) is 6.42 Å². The summed E-state index contributed by atoms with van der Waals surface area (Å²) in [6.45, 7) is 4.08. The topological polar surface area (TPSA) is 72.3 Å². The smallest absolute Gasteiger partial charge is 0.0449 e. The van der Waals surface area contributed by atoms with Crippen molar-refractivity contribution in [1.29, 1.82) is 0 Å². The second-order valence-electron chi connectivity index (χ2n) is 3.70. The van der Waals surface area contributed by atoms with Crippen LogP contribution in [0.25, 0.3) is 0 Å². The summed E-state index contributed by atoms with van der Waals surface area (Å²) in [5.74, 6) is 0. The van der Waals surface area contributed by atoms with Gasteiger partial charge < -0.3 is 16.6 Å². The van der Waals surface area contributed by atoms with Gasteiger partial charge in [-0.15, -0.1) is 0 Å². The highest BCUT2D eigenvalue weighted by atomic mass is 16.3. The van der Waals surface area contributed by atoms with Crippen molar-refractivity contribution in [3.63, 3.8) is 0 Å². The minimum atomic E-state index is -0.168. The molecule has 0 unspecified atom stereocenters. The molecule has 1 aromatic carbocycles. The number of aryl methyl sites for hydroxylation is 2. The number of nitrogen functional groups attached to an aromatic ring is 1. The van der Waals surface area contributed by atoms with Crippen LogP contribution in [-0.4, -0.2) is 11.7 Å². The number of aliphatic hydroxyl groups is 1. The van der Waals surface area contributed by atoms with Crippen molar-refractivity contribution in [3.05, 3.63) is 28.8 Å². The Balaban J connectivity index is 3.07. The summed E-state index contributed by atoms with van der Waals surface area (Å²) in [6, 6.07) is 3.85. The SMILES string of the molecule is Cc1cc(C)c(N)c([C@H](N)CCO)c1. The second kappa shape index (κ2) is 4.44. The molecule has 0 saturated carbocycles. The minimum Gasteiger partial charge on any atom is -0.398 e. The molecule has 0 aliphatic rings. The summed E-state index contributed by atoms with van der Waals surface area (Å²) in [7, 11) is 0. The molecule has 1 aromatic rings. The Bertz CT molecular complexity index is 323. The van der Waals surface area contributed by atoms with Gasteiger partial charge in [0, 0.05) is 18.3 Å². The third kappa shape index (κ3) is 2.25. The van der Waals surface area contributed by atoms with E-state index in [9.17, 15) is 0 Å². The first-order valence-electron chi connectivity index (χ1n) is 4.79. The summed E-state index contributed by atoms with van der Waals surface area (Å²) in [4.78, 5) is 0. The molecule has 0 radical (unpaired) electrons. The molecule has 0 aliphatic heterocycles. The Morgan fingerprint density at radius 1 is 1.36 bits per heavy atom. The van der Waals surface area contributed by atoms with Crippen LogP contribution in [0, 0.1) is 13.8 Å². The van der Waals surface area contributed by atoms with Gasteiger partial charge in [-0.25, -0.2) is 0 Å². The molecule has 0 aliphatic carbocycles. The summed E-state index contributed by atoms with van der Waals surface area (Å²) in [5, 5.41) is 8.81. The highest BCUT2D eigenvalue weighted by molar-refractivity contribution is 5.56.